The summed E-state index contributed by atoms with van der Waals surface area (Å²) in [6.07, 6.45) is 6.97. The first-order valence-corrected chi connectivity index (χ1v) is 5.47. The van der Waals surface area contributed by atoms with E-state index in [2.05, 4.69) is 16.1 Å². The largest absolute Gasteiger partial charge is 0.468 e. The highest BCUT2D eigenvalue weighted by atomic mass is 16.5. The highest BCUT2D eigenvalue weighted by molar-refractivity contribution is 5.75. The van der Waals surface area contributed by atoms with Crippen molar-refractivity contribution in [1.82, 2.24) is 5.32 Å². The first-order valence-electron chi connectivity index (χ1n) is 5.47. The number of nitrogens with two attached hydrogens (primary N) is 1. The van der Waals surface area contributed by atoms with Crippen LogP contribution in [-0.4, -0.2) is 32.2 Å². The van der Waals surface area contributed by atoms with Crippen LogP contribution in [0.5, 0.6) is 0 Å². The lowest BCUT2D eigenvalue weighted by atomic mass is 10.1. The Morgan fingerprint density at radius 1 is 1.73 bits per heavy atom. The Hall–Kier alpha value is -0.870. The number of methoxy groups -OCH3 is 1. The van der Waals surface area contributed by atoms with Crippen molar-refractivity contribution < 1.29 is 9.53 Å². The van der Waals surface area contributed by atoms with Crippen LogP contribution < -0.4 is 11.1 Å². The molecule has 0 bridgehead atoms. The van der Waals surface area contributed by atoms with Crippen LogP contribution in [0.4, 0.5) is 0 Å². The lowest BCUT2D eigenvalue weighted by Gasteiger charge is -2.14. The van der Waals surface area contributed by atoms with Gasteiger partial charge in [0.05, 0.1) is 7.11 Å². The summed E-state index contributed by atoms with van der Waals surface area (Å²) >= 11 is 0. The van der Waals surface area contributed by atoms with Gasteiger partial charge >= 0.3 is 5.97 Å². The molecule has 0 aromatic carbocycles. The summed E-state index contributed by atoms with van der Waals surface area (Å²) < 4.78 is 4.63. The average molecular weight is 212 g/mol. The molecule has 1 atom stereocenters. The van der Waals surface area contributed by atoms with Gasteiger partial charge in [0, 0.05) is 6.54 Å². The molecule has 0 aromatic rings. The zero-order valence-electron chi connectivity index (χ0n) is 9.29. The predicted octanol–water partition coefficient (Wildman–Crippen LogP) is 0.577. The molecular weight excluding hydrogens is 192 g/mol. The smallest absolute Gasteiger partial charge is 0.324 e. The summed E-state index contributed by atoms with van der Waals surface area (Å²) in [5.74, 6) is -0.280. The van der Waals surface area contributed by atoms with Crippen LogP contribution in [0.25, 0.3) is 0 Å². The van der Waals surface area contributed by atoms with Crippen molar-refractivity contribution in [2.75, 3.05) is 20.2 Å². The van der Waals surface area contributed by atoms with Gasteiger partial charge in [0.2, 0.25) is 0 Å². The molecule has 0 fully saturated rings. The van der Waals surface area contributed by atoms with Crippen molar-refractivity contribution in [3.8, 4) is 0 Å². The number of rotatable bonds is 6. The molecule has 1 aliphatic carbocycles. The summed E-state index contributed by atoms with van der Waals surface area (Å²) in [6.45, 7) is 1.08. The second kappa shape index (κ2) is 6.58. The molecule has 0 saturated heterocycles. The molecular formula is C11H20N2O2. The number of carbonyl (C=O) groups excluding carboxylic acids is 1. The molecule has 15 heavy (non-hydrogen) atoms. The molecule has 1 unspecified atom stereocenters. The lowest BCUT2D eigenvalue weighted by molar-refractivity contribution is -0.142. The van der Waals surface area contributed by atoms with Crippen LogP contribution in [0.1, 0.15) is 25.7 Å². The molecule has 0 radical (unpaired) electrons. The van der Waals surface area contributed by atoms with Gasteiger partial charge in [-0.2, -0.15) is 0 Å². The average Bonchev–Trinajstić information content (AvgIpc) is 2.76. The zero-order valence-corrected chi connectivity index (χ0v) is 9.29. The third-order valence-corrected chi connectivity index (χ3v) is 2.69. The Balaban J connectivity index is 2.19. The minimum Gasteiger partial charge on any atom is -0.468 e. The first-order chi connectivity index (χ1) is 7.27. The van der Waals surface area contributed by atoms with Crippen LogP contribution in [0.15, 0.2) is 11.6 Å². The third kappa shape index (κ3) is 4.01. The number of carbonyl (C=O) groups is 1. The summed E-state index contributed by atoms with van der Waals surface area (Å²) in [7, 11) is 1.38. The van der Waals surface area contributed by atoms with Crippen LogP contribution in [0.2, 0.25) is 0 Å². The number of ether oxygens (including phenoxy) is 1. The normalized spacial score (nSPS) is 17.3. The lowest BCUT2D eigenvalue weighted by Crippen LogP contribution is -2.43. The summed E-state index contributed by atoms with van der Waals surface area (Å²) in [5, 5.41) is 3.11. The maximum Gasteiger partial charge on any atom is 0.324 e. The van der Waals surface area contributed by atoms with E-state index < -0.39 is 0 Å². The zero-order chi connectivity index (χ0) is 11.1. The number of allylic oxidation sites excluding steroid dienone is 1. The maximum atomic E-state index is 11.2. The fraction of sp³-hybridized carbons (Fsp3) is 0.727. The number of nitrogens with one attached hydrogen (secondary N) is 1. The number of hydrogen-bond donors (Lipinski definition) is 2. The molecule has 0 spiro atoms. The maximum absolute atomic E-state index is 11.2. The van der Waals surface area contributed by atoms with E-state index in [4.69, 9.17) is 5.73 Å². The van der Waals surface area contributed by atoms with E-state index in [1.807, 2.05) is 0 Å². The molecule has 4 nitrogen and oxygen atoms in total. The van der Waals surface area contributed by atoms with Gasteiger partial charge in [0.1, 0.15) is 6.04 Å². The molecule has 0 aliphatic heterocycles. The van der Waals surface area contributed by atoms with Gasteiger partial charge < -0.3 is 15.8 Å². The van der Waals surface area contributed by atoms with Gasteiger partial charge in [-0.25, -0.2) is 0 Å². The first kappa shape index (κ1) is 12.2. The molecule has 0 amide bonds. The van der Waals surface area contributed by atoms with Gasteiger partial charge in [0.25, 0.3) is 0 Å². The van der Waals surface area contributed by atoms with Gasteiger partial charge in [-0.05, 0) is 32.2 Å². The van der Waals surface area contributed by atoms with E-state index in [-0.39, 0.29) is 18.6 Å². The molecule has 86 valence electrons. The van der Waals surface area contributed by atoms with E-state index in [9.17, 15) is 4.79 Å². The van der Waals surface area contributed by atoms with Crippen molar-refractivity contribution in [2.45, 2.75) is 31.7 Å². The standard InChI is InChI=1S/C11H20N2O2/c1-15-11(14)10(8-12)13-7-6-9-4-2-3-5-9/h4,10,13H,2-3,5-8,12H2,1H3. The van der Waals surface area contributed by atoms with Crippen molar-refractivity contribution >= 4 is 5.97 Å². The number of esters is 1. The van der Waals surface area contributed by atoms with Crippen molar-refractivity contribution in [3.63, 3.8) is 0 Å². The second-order valence-corrected chi connectivity index (χ2v) is 3.77. The monoisotopic (exact) mass is 212 g/mol. The van der Waals surface area contributed by atoms with Crippen LogP contribution in [-0.2, 0) is 9.53 Å². The Labute approximate surface area is 90.9 Å². The van der Waals surface area contributed by atoms with Crippen LogP contribution in [0.3, 0.4) is 0 Å². The fourth-order valence-electron chi connectivity index (χ4n) is 1.78. The quantitative estimate of drug-likeness (QED) is 0.499. The third-order valence-electron chi connectivity index (χ3n) is 2.69. The van der Waals surface area contributed by atoms with Crippen molar-refractivity contribution in [2.24, 2.45) is 5.73 Å². The minimum atomic E-state index is -0.364. The second-order valence-electron chi connectivity index (χ2n) is 3.77. The van der Waals surface area contributed by atoms with Gasteiger partial charge in [-0.15, -0.1) is 0 Å². The Bertz CT molecular complexity index is 239. The van der Waals surface area contributed by atoms with Crippen molar-refractivity contribution in [1.29, 1.82) is 0 Å². The molecule has 0 aromatic heterocycles. The summed E-state index contributed by atoms with van der Waals surface area (Å²) in [6, 6.07) is -0.364. The van der Waals surface area contributed by atoms with Crippen molar-refractivity contribution in [3.05, 3.63) is 11.6 Å². The number of hydrogen-bond acceptors (Lipinski definition) is 4. The predicted molar refractivity (Wildman–Crippen MR) is 59.4 cm³/mol. The van der Waals surface area contributed by atoms with Gasteiger partial charge in [0.15, 0.2) is 0 Å². The highest BCUT2D eigenvalue weighted by Gasteiger charge is 2.16. The van der Waals surface area contributed by atoms with Crippen LogP contribution >= 0.6 is 0 Å². The fourth-order valence-corrected chi connectivity index (χ4v) is 1.78. The molecule has 1 rings (SSSR count). The van der Waals surface area contributed by atoms with E-state index in [0.29, 0.717) is 0 Å². The molecule has 0 saturated carbocycles. The molecule has 3 N–H and O–H groups in total. The van der Waals surface area contributed by atoms with E-state index in [1.165, 1.54) is 31.9 Å². The SMILES string of the molecule is COC(=O)C(CN)NCCC1=CCCC1. The molecule has 1 aliphatic rings. The van der Waals surface area contributed by atoms with Gasteiger partial charge in [-0.1, -0.05) is 11.6 Å². The van der Waals surface area contributed by atoms with E-state index >= 15 is 0 Å². The summed E-state index contributed by atoms with van der Waals surface area (Å²) in [4.78, 5) is 11.2. The molecule has 0 heterocycles. The van der Waals surface area contributed by atoms with Crippen LogP contribution in [0, 0.1) is 0 Å². The van der Waals surface area contributed by atoms with Gasteiger partial charge in [-0.3, -0.25) is 4.79 Å². The van der Waals surface area contributed by atoms with E-state index in [0.717, 1.165) is 13.0 Å². The highest BCUT2D eigenvalue weighted by Crippen LogP contribution is 2.19. The summed E-state index contributed by atoms with van der Waals surface area (Å²) in [5.41, 5.74) is 6.95. The minimum absolute atomic E-state index is 0.280. The molecule has 4 heteroatoms. The topological polar surface area (TPSA) is 64.3 Å². The Kier molecular flexibility index (Phi) is 5.36. The van der Waals surface area contributed by atoms with E-state index in [1.54, 1.807) is 0 Å². The Morgan fingerprint density at radius 2 is 2.53 bits per heavy atom. The Morgan fingerprint density at radius 3 is 3.07 bits per heavy atom.